The minimum Gasteiger partial charge on any atom is -0.376 e. The van der Waals surface area contributed by atoms with Gasteiger partial charge in [0, 0.05) is 30.1 Å². The summed E-state index contributed by atoms with van der Waals surface area (Å²) in [6.45, 7) is 5.99. The molecule has 3 aromatic rings. The van der Waals surface area contributed by atoms with E-state index in [1.54, 1.807) is 6.21 Å². The number of rotatable bonds is 7. The first kappa shape index (κ1) is 19.6. The van der Waals surface area contributed by atoms with Crippen molar-refractivity contribution in [2.75, 3.05) is 18.5 Å². The Bertz CT molecular complexity index is 1000. The predicted octanol–water partition coefficient (Wildman–Crippen LogP) is 3.46. The lowest BCUT2D eigenvalue weighted by atomic mass is 10.2. The van der Waals surface area contributed by atoms with Crippen molar-refractivity contribution >= 4 is 38.8 Å². The van der Waals surface area contributed by atoms with Gasteiger partial charge < -0.3 is 14.6 Å². The number of carbonyl (C=O) groups excluding carboxylic acids is 1. The fourth-order valence-corrected chi connectivity index (χ4v) is 4.41. The quantitative estimate of drug-likeness (QED) is 0.461. The molecule has 152 valence electrons. The molecule has 2 aromatic heterocycles. The van der Waals surface area contributed by atoms with Gasteiger partial charge in [-0.1, -0.05) is 23.5 Å². The highest BCUT2D eigenvalue weighted by molar-refractivity contribution is 7.22. The highest BCUT2D eigenvalue weighted by Crippen LogP contribution is 2.25. The third-order valence-electron chi connectivity index (χ3n) is 5.11. The van der Waals surface area contributed by atoms with Gasteiger partial charge in [-0.3, -0.25) is 4.79 Å². The Labute approximate surface area is 173 Å². The number of hydrogen-bond acceptors (Lipinski definition) is 6. The van der Waals surface area contributed by atoms with Gasteiger partial charge in [-0.2, -0.15) is 5.10 Å². The standard InChI is InChI=1S/C21H25N5O2S/c1-14-10-16(15(2)26(14)13-17-6-5-9-28-17)11-23-25-20(27)12-22-21-24-18-7-3-4-8-19(18)29-21/h3-4,7-8,10-11,17H,5-6,9,12-13H2,1-2H3,(H,22,24)(H,25,27)/b23-11-/t17-/m0/s1. The first-order valence-electron chi connectivity index (χ1n) is 9.80. The van der Waals surface area contributed by atoms with E-state index in [9.17, 15) is 4.79 Å². The zero-order valence-electron chi connectivity index (χ0n) is 16.6. The molecule has 1 amide bonds. The molecule has 8 heteroatoms. The average Bonchev–Trinajstić information content (AvgIpc) is 3.43. The summed E-state index contributed by atoms with van der Waals surface area (Å²) in [6.07, 6.45) is 4.23. The molecule has 1 aromatic carbocycles. The van der Waals surface area contributed by atoms with E-state index in [0.29, 0.717) is 0 Å². The molecule has 0 spiro atoms. The summed E-state index contributed by atoms with van der Waals surface area (Å²) >= 11 is 1.53. The van der Waals surface area contributed by atoms with Crippen LogP contribution in [0.25, 0.3) is 10.2 Å². The largest absolute Gasteiger partial charge is 0.376 e. The summed E-state index contributed by atoms with van der Waals surface area (Å²) in [5.41, 5.74) is 6.80. The number of thiazole rings is 1. The number of ether oxygens (including phenoxy) is 1. The lowest BCUT2D eigenvalue weighted by molar-refractivity contribution is -0.119. The zero-order chi connectivity index (χ0) is 20.2. The summed E-state index contributed by atoms with van der Waals surface area (Å²) < 4.78 is 9.10. The van der Waals surface area contributed by atoms with Crippen LogP contribution in [0.2, 0.25) is 0 Å². The van der Waals surface area contributed by atoms with Crippen LogP contribution in [-0.4, -0.2) is 40.9 Å². The monoisotopic (exact) mass is 411 g/mol. The topological polar surface area (TPSA) is 80.5 Å². The Morgan fingerprint density at radius 1 is 1.41 bits per heavy atom. The number of aromatic nitrogens is 2. The predicted molar refractivity (Wildman–Crippen MR) is 117 cm³/mol. The van der Waals surface area contributed by atoms with Crippen LogP contribution in [0.4, 0.5) is 5.13 Å². The summed E-state index contributed by atoms with van der Waals surface area (Å²) in [6, 6.07) is 9.97. The van der Waals surface area contributed by atoms with Crippen LogP contribution in [-0.2, 0) is 16.1 Å². The molecule has 4 rings (SSSR count). The second-order valence-corrected chi connectivity index (χ2v) is 8.24. The maximum atomic E-state index is 12.1. The van der Waals surface area contributed by atoms with Crippen molar-refractivity contribution in [2.24, 2.45) is 5.10 Å². The van der Waals surface area contributed by atoms with E-state index < -0.39 is 0 Å². The Balaban J connectivity index is 1.30. The van der Waals surface area contributed by atoms with Crippen LogP contribution in [0.3, 0.4) is 0 Å². The number of amides is 1. The summed E-state index contributed by atoms with van der Waals surface area (Å²) in [5, 5.41) is 7.89. The third kappa shape index (κ3) is 4.65. The second kappa shape index (κ2) is 8.75. The van der Waals surface area contributed by atoms with E-state index in [2.05, 4.69) is 45.3 Å². The van der Waals surface area contributed by atoms with Crippen LogP contribution in [0.1, 0.15) is 29.8 Å². The average molecular weight is 412 g/mol. The third-order valence-corrected chi connectivity index (χ3v) is 6.10. The van der Waals surface area contributed by atoms with Crippen molar-refractivity contribution in [3.8, 4) is 0 Å². The van der Waals surface area contributed by atoms with E-state index in [1.165, 1.54) is 17.0 Å². The van der Waals surface area contributed by atoms with Crippen molar-refractivity contribution in [1.29, 1.82) is 0 Å². The van der Waals surface area contributed by atoms with Gasteiger partial charge in [-0.05, 0) is 44.9 Å². The smallest absolute Gasteiger partial charge is 0.259 e. The number of anilines is 1. The molecule has 7 nitrogen and oxygen atoms in total. The Hall–Kier alpha value is -2.71. The number of fused-ring (bicyclic) bond motifs is 1. The molecule has 0 saturated carbocycles. The van der Waals surface area contributed by atoms with E-state index >= 15 is 0 Å². The molecule has 0 bridgehead atoms. The van der Waals surface area contributed by atoms with Gasteiger partial charge in [-0.25, -0.2) is 10.4 Å². The molecule has 1 aliphatic heterocycles. The van der Waals surface area contributed by atoms with Crippen LogP contribution >= 0.6 is 11.3 Å². The highest BCUT2D eigenvalue weighted by atomic mass is 32.1. The fraction of sp³-hybridized carbons (Fsp3) is 0.381. The Kier molecular flexibility index (Phi) is 5.92. The minimum atomic E-state index is -0.214. The van der Waals surface area contributed by atoms with Crippen molar-refractivity contribution in [2.45, 2.75) is 39.3 Å². The van der Waals surface area contributed by atoms with Gasteiger partial charge in [0.1, 0.15) is 0 Å². The molecule has 0 unspecified atom stereocenters. The minimum absolute atomic E-state index is 0.120. The normalized spacial score (nSPS) is 16.7. The molecule has 1 fully saturated rings. The maximum Gasteiger partial charge on any atom is 0.259 e. The number of hydrazone groups is 1. The molecular weight excluding hydrogens is 386 g/mol. The van der Waals surface area contributed by atoms with Crippen molar-refractivity contribution in [1.82, 2.24) is 15.0 Å². The molecular formula is C21H25N5O2S. The Morgan fingerprint density at radius 3 is 3.07 bits per heavy atom. The summed E-state index contributed by atoms with van der Waals surface area (Å²) in [4.78, 5) is 16.5. The van der Waals surface area contributed by atoms with E-state index in [0.717, 1.165) is 52.6 Å². The van der Waals surface area contributed by atoms with Crippen molar-refractivity contribution in [3.05, 3.63) is 47.3 Å². The van der Waals surface area contributed by atoms with Gasteiger partial charge in [0.05, 0.1) is 29.1 Å². The SMILES string of the molecule is Cc1cc(/C=N\NC(=O)CNc2nc3ccccc3s2)c(C)n1C[C@@H]1CCCO1. The molecule has 1 saturated heterocycles. The molecule has 0 radical (unpaired) electrons. The molecule has 1 aliphatic rings. The molecule has 3 heterocycles. The molecule has 0 aliphatic carbocycles. The summed E-state index contributed by atoms with van der Waals surface area (Å²) in [5.74, 6) is -0.214. The summed E-state index contributed by atoms with van der Waals surface area (Å²) in [7, 11) is 0. The van der Waals surface area contributed by atoms with Gasteiger partial charge in [0.2, 0.25) is 0 Å². The first-order chi connectivity index (χ1) is 14.1. The number of benzene rings is 1. The van der Waals surface area contributed by atoms with Crippen molar-refractivity contribution in [3.63, 3.8) is 0 Å². The Morgan fingerprint density at radius 2 is 2.28 bits per heavy atom. The lowest BCUT2D eigenvalue weighted by Crippen LogP contribution is -2.25. The van der Waals surface area contributed by atoms with E-state index in [-0.39, 0.29) is 18.6 Å². The fourth-order valence-electron chi connectivity index (χ4n) is 3.55. The number of carbonyl (C=O) groups is 1. The molecule has 1 atom stereocenters. The van der Waals surface area contributed by atoms with Crippen LogP contribution in [0.15, 0.2) is 35.4 Å². The number of aryl methyl sites for hydroxylation is 1. The number of nitrogens with one attached hydrogen (secondary N) is 2. The second-order valence-electron chi connectivity index (χ2n) is 7.21. The van der Waals surface area contributed by atoms with Gasteiger partial charge in [0.15, 0.2) is 5.13 Å². The van der Waals surface area contributed by atoms with Crippen LogP contribution < -0.4 is 10.7 Å². The van der Waals surface area contributed by atoms with Gasteiger partial charge >= 0.3 is 0 Å². The zero-order valence-corrected chi connectivity index (χ0v) is 17.5. The van der Waals surface area contributed by atoms with E-state index in [4.69, 9.17) is 4.74 Å². The van der Waals surface area contributed by atoms with Crippen LogP contribution in [0, 0.1) is 13.8 Å². The number of hydrogen-bond donors (Lipinski definition) is 2. The van der Waals surface area contributed by atoms with Crippen molar-refractivity contribution < 1.29 is 9.53 Å². The number of nitrogens with zero attached hydrogens (tertiary/aromatic N) is 3. The first-order valence-corrected chi connectivity index (χ1v) is 10.6. The highest BCUT2D eigenvalue weighted by Gasteiger charge is 2.18. The lowest BCUT2D eigenvalue weighted by Gasteiger charge is -2.14. The number of para-hydroxylation sites is 1. The molecule has 2 N–H and O–H groups in total. The van der Waals surface area contributed by atoms with E-state index in [1.807, 2.05) is 24.3 Å². The molecule has 29 heavy (non-hydrogen) atoms. The van der Waals surface area contributed by atoms with Gasteiger partial charge in [-0.15, -0.1) is 0 Å². The van der Waals surface area contributed by atoms with Crippen LogP contribution in [0.5, 0.6) is 0 Å². The maximum absolute atomic E-state index is 12.1. The van der Waals surface area contributed by atoms with Gasteiger partial charge in [0.25, 0.3) is 5.91 Å².